The van der Waals surface area contributed by atoms with Gasteiger partial charge in [-0.1, -0.05) is 12.8 Å². The Balaban J connectivity index is 0.00000400. The van der Waals surface area contributed by atoms with E-state index in [2.05, 4.69) is 50.2 Å². The van der Waals surface area contributed by atoms with Crippen molar-refractivity contribution in [2.24, 2.45) is 4.99 Å². The summed E-state index contributed by atoms with van der Waals surface area (Å²) in [7, 11) is 0. The Labute approximate surface area is 148 Å². The van der Waals surface area contributed by atoms with Crippen LogP contribution in [0.25, 0.3) is 0 Å². The van der Waals surface area contributed by atoms with Crippen molar-refractivity contribution in [1.29, 1.82) is 0 Å². The number of aliphatic imine (C=N–C) groups is 1. The van der Waals surface area contributed by atoms with E-state index in [1.54, 1.807) is 0 Å². The second-order valence-electron chi connectivity index (χ2n) is 6.31. The molecule has 0 atom stereocenters. The lowest BCUT2D eigenvalue weighted by Crippen LogP contribution is -2.43. The molecule has 0 heterocycles. The molecule has 1 aliphatic rings. The lowest BCUT2D eigenvalue weighted by Gasteiger charge is -2.29. The van der Waals surface area contributed by atoms with Gasteiger partial charge >= 0.3 is 0 Å². The zero-order valence-corrected chi connectivity index (χ0v) is 16.8. The zero-order valence-electron chi connectivity index (χ0n) is 14.5. The van der Waals surface area contributed by atoms with Gasteiger partial charge in [-0.25, -0.2) is 0 Å². The molecule has 0 aliphatic heterocycles. The minimum Gasteiger partial charge on any atom is -0.357 e. The second-order valence-corrected chi connectivity index (χ2v) is 6.31. The highest BCUT2D eigenvalue weighted by molar-refractivity contribution is 14.0. The maximum atomic E-state index is 4.73. The molecular formula is C16H35IN4. The molecule has 4 nitrogen and oxygen atoms in total. The predicted molar refractivity (Wildman–Crippen MR) is 104 cm³/mol. The highest BCUT2D eigenvalue weighted by atomic mass is 127. The molecule has 126 valence electrons. The van der Waals surface area contributed by atoms with Crippen molar-refractivity contribution in [3.05, 3.63) is 0 Å². The summed E-state index contributed by atoms with van der Waals surface area (Å²) in [6, 6.07) is 1.78. The SMILES string of the molecule is CCNC(=NCCN(C(C)C)C(C)C)NC1CCCC1.I. The van der Waals surface area contributed by atoms with Crippen molar-refractivity contribution < 1.29 is 0 Å². The van der Waals surface area contributed by atoms with E-state index in [0.717, 1.165) is 25.6 Å². The molecule has 0 amide bonds. The molecule has 2 N–H and O–H groups in total. The van der Waals surface area contributed by atoms with Gasteiger partial charge in [0.1, 0.15) is 0 Å². The van der Waals surface area contributed by atoms with Gasteiger partial charge in [-0.15, -0.1) is 24.0 Å². The Kier molecular flexibility index (Phi) is 11.5. The number of halogens is 1. The molecule has 0 aromatic rings. The lowest BCUT2D eigenvalue weighted by molar-refractivity contribution is 0.181. The third-order valence-corrected chi connectivity index (χ3v) is 3.99. The Hall–Kier alpha value is -0.0400. The normalized spacial score (nSPS) is 16.7. The smallest absolute Gasteiger partial charge is 0.191 e. The number of nitrogens with one attached hydrogen (secondary N) is 2. The summed E-state index contributed by atoms with van der Waals surface area (Å²) in [5.74, 6) is 0.992. The minimum atomic E-state index is 0. The van der Waals surface area contributed by atoms with Gasteiger partial charge in [0.25, 0.3) is 0 Å². The van der Waals surface area contributed by atoms with E-state index in [-0.39, 0.29) is 24.0 Å². The summed E-state index contributed by atoms with van der Waals surface area (Å²) in [4.78, 5) is 7.22. The first-order valence-electron chi connectivity index (χ1n) is 8.35. The highest BCUT2D eigenvalue weighted by Gasteiger charge is 2.16. The monoisotopic (exact) mass is 410 g/mol. The molecule has 0 bridgehead atoms. The zero-order chi connectivity index (χ0) is 15.0. The molecular weight excluding hydrogens is 375 g/mol. The van der Waals surface area contributed by atoms with E-state index in [1.165, 1.54) is 25.7 Å². The van der Waals surface area contributed by atoms with Crippen molar-refractivity contribution in [3.63, 3.8) is 0 Å². The number of hydrogen-bond donors (Lipinski definition) is 2. The molecule has 1 aliphatic carbocycles. The number of nitrogens with zero attached hydrogens (tertiary/aromatic N) is 2. The third-order valence-electron chi connectivity index (χ3n) is 3.99. The van der Waals surface area contributed by atoms with Gasteiger partial charge in [-0.05, 0) is 47.5 Å². The Morgan fingerprint density at radius 2 is 1.71 bits per heavy atom. The topological polar surface area (TPSA) is 39.7 Å². The van der Waals surface area contributed by atoms with Crippen LogP contribution in [0.2, 0.25) is 0 Å². The molecule has 0 spiro atoms. The Morgan fingerprint density at radius 3 is 2.19 bits per heavy atom. The number of hydrogen-bond acceptors (Lipinski definition) is 2. The van der Waals surface area contributed by atoms with Crippen LogP contribution < -0.4 is 10.6 Å². The van der Waals surface area contributed by atoms with Crippen LogP contribution in [-0.2, 0) is 0 Å². The maximum Gasteiger partial charge on any atom is 0.191 e. The van der Waals surface area contributed by atoms with Crippen molar-refractivity contribution in [1.82, 2.24) is 15.5 Å². The largest absolute Gasteiger partial charge is 0.357 e. The van der Waals surface area contributed by atoms with Gasteiger partial charge < -0.3 is 10.6 Å². The average Bonchev–Trinajstić information content (AvgIpc) is 2.86. The quantitative estimate of drug-likeness (QED) is 0.385. The van der Waals surface area contributed by atoms with E-state index >= 15 is 0 Å². The summed E-state index contributed by atoms with van der Waals surface area (Å²) < 4.78 is 0. The molecule has 1 rings (SSSR count). The molecule has 0 aromatic heterocycles. The first-order valence-corrected chi connectivity index (χ1v) is 8.35. The molecule has 5 heteroatoms. The summed E-state index contributed by atoms with van der Waals surface area (Å²) >= 11 is 0. The standard InChI is InChI=1S/C16H34N4.HI/c1-6-17-16(19-15-9-7-8-10-15)18-11-12-20(13(2)3)14(4)5;/h13-15H,6-12H2,1-5H3,(H2,17,18,19);1H. The first kappa shape index (κ1) is 21.0. The summed E-state index contributed by atoms with van der Waals surface area (Å²) in [6.45, 7) is 14.0. The van der Waals surface area contributed by atoms with E-state index in [9.17, 15) is 0 Å². The Morgan fingerprint density at radius 1 is 1.14 bits per heavy atom. The van der Waals surface area contributed by atoms with Crippen LogP contribution in [0.4, 0.5) is 0 Å². The van der Waals surface area contributed by atoms with E-state index in [4.69, 9.17) is 4.99 Å². The molecule has 1 saturated carbocycles. The first-order chi connectivity index (χ1) is 9.54. The van der Waals surface area contributed by atoms with Gasteiger partial charge in [0, 0.05) is 31.2 Å². The van der Waals surface area contributed by atoms with Crippen molar-refractivity contribution in [2.75, 3.05) is 19.6 Å². The van der Waals surface area contributed by atoms with Crippen molar-refractivity contribution >= 4 is 29.9 Å². The van der Waals surface area contributed by atoms with Gasteiger partial charge in [0.15, 0.2) is 5.96 Å². The van der Waals surface area contributed by atoms with Crippen LogP contribution in [0.3, 0.4) is 0 Å². The molecule has 0 radical (unpaired) electrons. The summed E-state index contributed by atoms with van der Waals surface area (Å²) in [5.41, 5.74) is 0. The van der Waals surface area contributed by atoms with Gasteiger partial charge in [0.2, 0.25) is 0 Å². The molecule has 1 fully saturated rings. The number of guanidine groups is 1. The molecule has 0 unspecified atom stereocenters. The van der Waals surface area contributed by atoms with Crippen LogP contribution in [-0.4, -0.2) is 48.6 Å². The van der Waals surface area contributed by atoms with Crippen LogP contribution in [0, 0.1) is 0 Å². The lowest BCUT2D eigenvalue weighted by atomic mass is 10.2. The third kappa shape index (κ3) is 8.24. The summed E-state index contributed by atoms with van der Waals surface area (Å²) in [6.07, 6.45) is 5.28. The maximum absolute atomic E-state index is 4.73. The highest BCUT2D eigenvalue weighted by Crippen LogP contribution is 2.17. The van der Waals surface area contributed by atoms with Gasteiger partial charge in [-0.3, -0.25) is 9.89 Å². The van der Waals surface area contributed by atoms with E-state index < -0.39 is 0 Å². The summed E-state index contributed by atoms with van der Waals surface area (Å²) in [5, 5.41) is 6.93. The molecule has 0 saturated heterocycles. The fourth-order valence-corrected chi connectivity index (χ4v) is 2.97. The fraction of sp³-hybridized carbons (Fsp3) is 0.938. The fourth-order valence-electron chi connectivity index (χ4n) is 2.97. The van der Waals surface area contributed by atoms with E-state index in [0.29, 0.717) is 18.1 Å². The van der Waals surface area contributed by atoms with Crippen LogP contribution >= 0.6 is 24.0 Å². The Bertz CT molecular complexity index is 278. The van der Waals surface area contributed by atoms with Crippen LogP contribution in [0.1, 0.15) is 60.3 Å². The van der Waals surface area contributed by atoms with E-state index in [1.807, 2.05) is 0 Å². The van der Waals surface area contributed by atoms with Crippen molar-refractivity contribution in [2.45, 2.75) is 78.4 Å². The second kappa shape index (κ2) is 11.5. The molecule has 0 aromatic carbocycles. The van der Waals surface area contributed by atoms with Crippen LogP contribution in [0.5, 0.6) is 0 Å². The van der Waals surface area contributed by atoms with Gasteiger partial charge in [-0.2, -0.15) is 0 Å². The van der Waals surface area contributed by atoms with Crippen molar-refractivity contribution in [3.8, 4) is 0 Å². The minimum absolute atomic E-state index is 0. The predicted octanol–water partition coefficient (Wildman–Crippen LogP) is 3.22. The number of rotatable bonds is 7. The molecule has 21 heavy (non-hydrogen) atoms. The average molecular weight is 410 g/mol. The van der Waals surface area contributed by atoms with Gasteiger partial charge in [0.05, 0.1) is 6.54 Å². The van der Waals surface area contributed by atoms with Crippen LogP contribution in [0.15, 0.2) is 4.99 Å².